The Morgan fingerprint density at radius 3 is 3.11 bits per heavy atom. The minimum Gasteiger partial charge on any atom is -0.378 e. The van der Waals surface area contributed by atoms with E-state index in [1.807, 2.05) is 12.1 Å². The van der Waals surface area contributed by atoms with Crippen LogP contribution < -0.4 is 5.32 Å². The molecule has 0 spiro atoms. The van der Waals surface area contributed by atoms with Crippen LogP contribution in [0.15, 0.2) is 30.5 Å². The SMILES string of the molecule is CC1CC(Nc2nncc3ccccc23)CCO1. The van der Waals surface area contributed by atoms with Crippen molar-refractivity contribution in [3.8, 4) is 0 Å². The van der Waals surface area contributed by atoms with E-state index in [1.54, 1.807) is 6.20 Å². The molecular formula is C14H17N3O. The highest BCUT2D eigenvalue weighted by Crippen LogP contribution is 2.23. The molecule has 2 atom stereocenters. The zero-order valence-corrected chi connectivity index (χ0v) is 10.5. The van der Waals surface area contributed by atoms with Gasteiger partial charge in [-0.15, -0.1) is 5.10 Å². The average molecular weight is 243 g/mol. The number of rotatable bonds is 2. The fraction of sp³-hybridized carbons (Fsp3) is 0.429. The predicted molar refractivity (Wildman–Crippen MR) is 71.6 cm³/mol. The van der Waals surface area contributed by atoms with Crippen LogP contribution in [0.25, 0.3) is 10.8 Å². The van der Waals surface area contributed by atoms with E-state index in [1.165, 1.54) is 0 Å². The molecule has 1 aromatic heterocycles. The second kappa shape index (κ2) is 4.90. The van der Waals surface area contributed by atoms with E-state index < -0.39 is 0 Å². The molecule has 2 heterocycles. The third kappa shape index (κ3) is 2.29. The number of aromatic nitrogens is 2. The molecule has 0 amide bonds. The second-order valence-corrected chi connectivity index (χ2v) is 4.83. The molecule has 1 aromatic carbocycles. The molecule has 0 radical (unpaired) electrons. The number of benzene rings is 1. The molecule has 0 saturated carbocycles. The van der Waals surface area contributed by atoms with Gasteiger partial charge in [-0.3, -0.25) is 0 Å². The highest BCUT2D eigenvalue weighted by Gasteiger charge is 2.20. The fourth-order valence-electron chi connectivity index (χ4n) is 2.46. The number of anilines is 1. The monoisotopic (exact) mass is 243 g/mol. The smallest absolute Gasteiger partial charge is 0.156 e. The first-order chi connectivity index (χ1) is 8.83. The first-order valence-electron chi connectivity index (χ1n) is 6.41. The van der Waals surface area contributed by atoms with Crippen molar-refractivity contribution in [1.82, 2.24) is 10.2 Å². The highest BCUT2D eigenvalue weighted by atomic mass is 16.5. The lowest BCUT2D eigenvalue weighted by atomic mass is 10.0. The van der Waals surface area contributed by atoms with Gasteiger partial charge >= 0.3 is 0 Å². The number of nitrogens with zero attached hydrogens (tertiary/aromatic N) is 2. The summed E-state index contributed by atoms with van der Waals surface area (Å²) in [5, 5.41) is 14.0. The summed E-state index contributed by atoms with van der Waals surface area (Å²) < 4.78 is 5.56. The molecule has 1 N–H and O–H groups in total. The number of hydrogen-bond acceptors (Lipinski definition) is 4. The van der Waals surface area contributed by atoms with Crippen LogP contribution in [0.2, 0.25) is 0 Å². The number of hydrogen-bond donors (Lipinski definition) is 1. The number of nitrogens with one attached hydrogen (secondary N) is 1. The lowest BCUT2D eigenvalue weighted by Gasteiger charge is -2.28. The van der Waals surface area contributed by atoms with Crippen molar-refractivity contribution >= 4 is 16.6 Å². The molecule has 1 saturated heterocycles. The summed E-state index contributed by atoms with van der Waals surface area (Å²) in [5.74, 6) is 0.882. The first kappa shape index (κ1) is 11.4. The van der Waals surface area contributed by atoms with Gasteiger partial charge in [-0.1, -0.05) is 24.3 Å². The van der Waals surface area contributed by atoms with Crippen LogP contribution in [-0.4, -0.2) is 29.0 Å². The van der Waals surface area contributed by atoms with Crippen LogP contribution in [0.3, 0.4) is 0 Å². The number of ether oxygens (including phenoxy) is 1. The summed E-state index contributed by atoms with van der Waals surface area (Å²) in [6, 6.07) is 8.61. The zero-order chi connectivity index (χ0) is 12.4. The van der Waals surface area contributed by atoms with Crippen LogP contribution >= 0.6 is 0 Å². The Labute approximate surface area is 106 Å². The molecule has 0 aliphatic carbocycles. The van der Waals surface area contributed by atoms with Crippen molar-refractivity contribution in [1.29, 1.82) is 0 Å². The Hall–Kier alpha value is -1.68. The standard InChI is InChI=1S/C14H17N3O/c1-10-8-12(6-7-18-10)16-14-13-5-3-2-4-11(13)9-15-17-14/h2-5,9-10,12H,6-8H2,1H3,(H,16,17). The Morgan fingerprint density at radius 2 is 2.22 bits per heavy atom. The minimum absolute atomic E-state index is 0.319. The van der Waals surface area contributed by atoms with Gasteiger partial charge in [-0.05, 0) is 19.8 Å². The van der Waals surface area contributed by atoms with Crippen molar-refractivity contribution in [2.24, 2.45) is 0 Å². The Bertz CT molecular complexity index is 538. The summed E-state index contributed by atoms with van der Waals surface area (Å²) in [4.78, 5) is 0. The summed E-state index contributed by atoms with van der Waals surface area (Å²) in [6.07, 6.45) is 4.16. The maximum atomic E-state index is 5.56. The Morgan fingerprint density at radius 1 is 1.33 bits per heavy atom. The molecule has 94 valence electrons. The van der Waals surface area contributed by atoms with Crippen LogP contribution in [0.4, 0.5) is 5.82 Å². The van der Waals surface area contributed by atoms with Crippen LogP contribution in [0, 0.1) is 0 Å². The number of fused-ring (bicyclic) bond motifs is 1. The largest absolute Gasteiger partial charge is 0.378 e. The van der Waals surface area contributed by atoms with Gasteiger partial charge in [0.25, 0.3) is 0 Å². The van der Waals surface area contributed by atoms with Gasteiger partial charge in [-0.2, -0.15) is 5.10 Å². The van der Waals surface area contributed by atoms with Gasteiger partial charge in [0.2, 0.25) is 0 Å². The molecule has 1 fully saturated rings. The predicted octanol–water partition coefficient (Wildman–Crippen LogP) is 2.61. The van der Waals surface area contributed by atoms with Gasteiger partial charge in [-0.25, -0.2) is 0 Å². The molecular weight excluding hydrogens is 226 g/mol. The van der Waals surface area contributed by atoms with Crippen molar-refractivity contribution in [2.75, 3.05) is 11.9 Å². The first-order valence-corrected chi connectivity index (χ1v) is 6.41. The lowest BCUT2D eigenvalue weighted by Crippen LogP contribution is -2.32. The molecule has 0 bridgehead atoms. The van der Waals surface area contributed by atoms with Gasteiger partial charge < -0.3 is 10.1 Å². The summed E-state index contributed by atoms with van der Waals surface area (Å²) >= 11 is 0. The van der Waals surface area contributed by atoms with Crippen molar-refractivity contribution < 1.29 is 4.74 Å². The zero-order valence-electron chi connectivity index (χ0n) is 10.5. The molecule has 18 heavy (non-hydrogen) atoms. The Kier molecular flexibility index (Phi) is 3.11. The average Bonchev–Trinajstić information content (AvgIpc) is 2.39. The maximum absolute atomic E-state index is 5.56. The summed E-state index contributed by atoms with van der Waals surface area (Å²) in [5.41, 5.74) is 0. The lowest BCUT2D eigenvalue weighted by molar-refractivity contribution is 0.0232. The van der Waals surface area contributed by atoms with E-state index in [0.717, 1.165) is 36.0 Å². The van der Waals surface area contributed by atoms with Crippen LogP contribution in [-0.2, 0) is 4.74 Å². The van der Waals surface area contributed by atoms with Crippen molar-refractivity contribution in [3.05, 3.63) is 30.5 Å². The van der Waals surface area contributed by atoms with Gasteiger partial charge in [0, 0.05) is 23.4 Å². The normalized spacial score (nSPS) is 24.1. The van der Waals surface area contributed by atoms with E-state index in [9.17, 15) is 0 Å². The summed E-state index contributed by atoms with van der Waals surface area (Å²) in [6.45, 7) is 2.93. The minimum atomic E-state index is 0.319. The third-order valence-electron chi connectivity index (χ3n) is 3.40. The molecule has 4 nitrogen and oxygen atoms in total. The van der Waals surface area contributed by atoms with Crippen molar-refractivity contribution in [2.45, 2.75) is 31.9 Å². The summed E-state index contributed by atoms with van der Waals surface area (Å²) in [7, 11) is 0. The van der Waals surface area contributed by atoms with Gasteiger partial charge in [0.15, 0.2) is 5.82 Å². The molecule has 2 aromatic rings. The van der Waals surface area contributed by atoms with Crippen LogP contribution in [0.5, 0.6) is 0 Å². The third-order valence-corrected chi connectivity index (χ3v) is 3.40. The topological polar surface area (TPSA) is 47.0 Å². The quantitative estimate of drug-likeness (QED) is 0.880. The van der Waals surface area contributed by atoms with Crippen molar-refractivity contribution in [3.63, 3.8) is 0 Å². The van der Waals surface area contributed by atoms with E-state index in [2.05, 4.69) is 34.6 Å². The van der Waals surface area contributed by atoms with E-state index in [0.29, 0.717) is 12.1 Å². The molecule has 4 heteroatoms. The molecule has 1 aliphatic heterocycles. The molecule has 2 unspecified atom stereocenters. The second-order valence-electron chi connectivity index (χ2n) is 4.83. The van der Waals surface area contributed by atoms with Gasteiger partial charge in [0.1, 0.15) is 0 Å². The van der Waals surface area contributed by atoms with E-state index in [4.69, 9.17) is 4.74 Å². The molecule has 3 rings (SSSR count). The fourth-order valence-corrected chi connectivity index (χ4v) is 2.46. The van der Waals surface area contributed by atoms with Gasteiger partial charge in [0.05, 0.1) is 12.3 Å². The maximum Gasteiger partial charge on any atom is 0.156 e. The Balaban J connectivity index is 1.86. The van der Waals surface area contributed by atoms with E-state index in [-0.39, 0.29) is 0 Å². The molecule has 1 aliphatic rings. The van der Waals surface area contributed by atoms with E-state index >= 15 is 0 Å². The van der Waals surface area contributed by atoms with Crippen LogP contribution in [0.1, 0.15) is 19.8 Å². The highest BCUT2D eigenvalue weighted by molar-refractivity contribution is 5.90.